The highest BCUT2D eigenvalue weighted by Gasteiger charge is 2.32. The van der Waals surface area contributed by atoms with Gasteiger partial charge >= 0.3 is 0 Å². The highest BCUT2D eigenvalue weighted by atomic mass is 32.2. The Labute approximate surface area is 115 Å². The summed E-state index contributed by atoms with van der Waals surface area (Å²) in [4.78, 5) is 1.07. The van der Waals surface area contributed by atoms with Crippen LogP contribution in [0.1, 0.15) is 12.8 Å². The lowest BCUT2D eigenvalue weighted by molar-refractivity contribution is 0.141. The summed E-state index contributed by atoms with van der Waals surface area (Å²) < 4.78 is 12.7. The van der Waals surface area contributed by atoms with Crippen LogP contribution in [-0.4, -0.2) is 39.2 Å². The van der Waals surface area contributed by atoms with Crippen LogP contribution < -0.4 is 0 Å². The molecule has 2 N–H and O–H groups in total. The van der Waals surface area contributed by atoms with Crippen LogP contribution in [0.2, 0.25) is 0 Å². The van der Waals surface area contributed by atoms with Gasteiger partial charge < -0.3 is 10.2 Å². The van der Waals surface area contributed by atoms with Crippen molar-refractivity contribution < 1.29 is 14.6 Å². The first-order chi connectivity index (χ1) is 8.69. The van der Waals surface area contributed by atoms with Crippen LogP contribution in [0.5, 0.6) is 0 Å². The zero-order chi connectivity index (χ0) is 13.0. The summed E-state index contributed by atoms with van der Waals surface area (Å²) in [6, 6.07) is 6.51. The third-order valence-electron chi connectivity index (χ3n) is 3.00. The van der Waals surface area contributed by atoms with E-state index < -0.39 is 0 Å². The molecule has 5 heteroatoms. The van der Waals surface area contributed by atoms with Crippen LogP contribution in [0.3, 0.4) is 0 Å². The largest absolute Gasteiger partial charge is 0.395 e. The zero-order valence-corrected chi connectivity index (χ0v) is 11.6. The van der Waals surface area contributed by atoms with Crippen LogP contribution in [0, 0.1) is 5.82 Å². The molecule has 0 bridgehead atoms. The Hall–Kier alpha value is -0.230. The SMILES string of the molecule is OC[C@H]1SC(CCSc2ccc(F)cc2)C[C@@H]1O. The van der Waals surface area contributed by atoms with Gasteiger partial charge in [-0.15, -0.1) is 23.5 Å². The van der Waals surface area contributed by atoms with E-state index in [1.165, 1.54) is 12.1 Å². The molecule has 1 saturated heterocycles. The van der Waals surface area contributed by atoms with Gasteiger partial charge in [0.15, 0.2) is 0 Å². The molecule has 1 aromatic carbocycles. The Bertz CT molecular complexity index is 372. The molecular formula is C13H17FO2S2. The second-order valence-corrected chi connectivity index (χ2v) is 7.09. The molecule has 2 rings (SSSR count). The first-order valence-electron chi connectivity index (χ1n) is 6.02. The number of halogens is 1. The molecule has 3 atom stereocenters. The fourth-order valence-electron chi connectivity index (χ4n) is 2.00. The number of aliphatic hydroxyl groups is 2. The van der Waals surface area contributed by atoms with E-state index in [1.54, 1.807) is 35.7 Å². The lowest BCUT2D eigenvalue weighted by Gasteiger charge is -2.09. The Kier molecular flexibility index (Phi) is 5.36. The predicted molar refractivity (Wildman–Crippen MR) is 74.6 cm³/mol. The minimum absolute atomic E-state index is 0.0224. The van der Waals surface area contributed by atoms with Gasteiger partial charge in [0.1, 0.15) is 5.82 Å². The summed E-state index contributed by atoms with van der Waals surface area (Å²) in [5, 5.41) is 19.1. The molecule has 0 saturated carbocycles. The minimum atomic E-state index is -0.374. The van der Waals surface area contributed by atoms with Crippen molar-refractivity contribution in [2.75, 3.05) is 12.4 Å². The van der Waals surface area contributed by atoms with E-state index in [0.717, 1.165) is 23.5 Å². The normalized spacial score (nSPS) is 27.6. The smallest absolute Gasteiger partial charge is 0.123 e. The first-order valence-corrected chi connectivity index (χ1v) is 7.94. The van der Waals surface area contributed by atoms with Gasteiger partial charge in [0.05, 0.1) is 18.0 Å². The van der Waals surface area contributed by atoms with Crippen LogP contribution in [0.15, 0.2) is 29.2 Å². The van der Waals surface area contributed by atoms with Gasteiger partial charge in [-0.2, -0.15) is 0 Å². The van der Waals surface area contributed by atoms with Crippen molar-refractivity contribution in [3.05, 3.63) is 30.1 Å². The fraction of sp³-hybridized carbons (Fsp3) is 0.538. The number of thioether (sulfide) groups is 2. The molecule has 1 aliphatic rings. The summed E-state index contributed by atoms with van der Waals surface area (Å²) in [6.07, 6.45) is 1.39. The molecule has 100 valence electrons. The molecule has 1 aliphatic heterocycles. The summed E-state index contributed by atoms with van der Waals surface area (Å²) in [6.45, 7) is 0.0490. The molecule has 0 radical (unpaired) electrons. The molecule has 2 nitrogen and oxygen atoms in total. The van der Waals surface area contributed by atoms with Crippen molar-refractivity contribution in [1.29, 1.82) is 0 Å². The van der Waals surface area contributed by atoms with Crippen LogP contribution in [-0.2, 0) is 0 Å². The Morgan fingerprint density at radius 1 is 1.33 bits per heavy atom. The van der Waals surface area contributed by atoms with E-state index in [1.807, 2.05) is 0 Å². The molecule has 18 heavy (non-hydrogen) atoms. The van der Waals surface area contributed by atoms with Crippen LogP contribution >= 0.6 is 23.5 Å². The first kappa shape index (κ1) is 14.2. The predicted octanol–water partition coefficient (Wildman–Crippen LogP) is 2.54. The molecule has 0 amide bonds. The second-order valence-electron chi connectivity index (χ2n) is 4.37. The quantitative estimate of drug-likeness (QED) is 0.817. The lowest BCUT2D eigenvalue weighted by atomic mass is 10.1. The van der Waals surface area contributed by atoms with Crippen molar-refractivity contribution in [2.24, 2.45) is 0 Å². The van der Waals surface area contributed by atoms with Crippen molar-refractivity contribution >= 4 is 23.5 Å². The number of aliphatic hydroxyl groups excluding tert-OH is 2. The van der Waals surface area contributed by atoms with Crippen molar-refractivity contribution in [1.82, 2.24) is 0 Å². The molecule has 0 aromatic heterocycles. The molecule has 0 spiro atoms. The summed E-state index contributed by atoms with van der Waals surface area (Å²) in [7, 11) is 0. The maximum absolute atomic E-state index is 12.7. The van der Waals surface area contributed by atoms with E-state index in [4.69, 9.17) is 5.11 Å². The Morgan fingerprint density at radius 2 is 2.06 bits per heavy atom. The van der Waals surface area contributed by atoms with Crippen LogP contribution in [0.25, 0.3) is 0 Å². The monoisotopic (exact) mass is 288 g/mol. The number of rotatable bonds is 5. The van der Waals surface area contributed by atoms with Gasteiger partial charge in [0.2, 0.25) is 0 Å². The minimum Gasteiger partial charge on any atom is -0.395 e. The summed E-state index contributed by atoms with van der Waals surface area (Å²) >= 11 is 3.38. The fourth-order valence-corrected chi connectivity index (χ4v) is 4.56. The lowest BCUT2D eigenvalue weighted by Crippen LogP contribution is -2.20. The van der Waals surface area contributed by atoms with Gasteiger partial charge in [-0.05, 0) is 42.9 Å². The molecule has 1 unspecified atom stereocenters. The highest BCUT2D eigenvalue weighted by Crippen LogP contribution is 2.36. The molecular weight excluding hydrogens is 271 g/mol. The van der Waals surface area contributed by atoms with Crippen molar-refractivity contribution in [3.8, 4) is 0 Å². The third-order valence-corrected chi connectivity index (χ3v) is 5.67. The van der Waals surface area contributed by atoms with Gasteiger partial charge in [-0.25, -0.2) is 4.39 Å². The molecule has 0 aliphatic carbocycles. The van der Waals surface area contributed by atoms with E-state index in [9.17, 15) is 9.50 Å². The van der Waals surface area contributed by atoms with Crippen molar-refractivity contribution in [2.45, 2.75) is 34.3 Å². The maximum Gasteiger partial charge on any atom is 0.123 e. The van der Waals surface area contributed by atoms with E-state index in [2.05, 4.69) is 0 Å². The summed E-state index contributed by atoms with van der Waals surface area (Å²) in [5.41, 5.74) is 0. The zero-order valence-electron chi connectivity index (χ0n) is 9.96. The molecule has 1 fully saturated rings. The van der Waals surface area contributed by atoms with Crippen LogP contribution in [0.4, 0.5) is 4.39 Å². The number of hydrogen-bond donors (Lipinski definition) is 2. The molecule has 1 heterocycles. The standard InChI is InChI=1S/C13H17FO2S2/c14-9-1-3-10(4-2-9)17-6-5-11-7-12(16)13(8-15)18-11/h1-4,11-13,15-16H,5-8H2/t11?,12-,13+/m0/s1. The average Bonchev–Trinajstić information content (AvgIpc) is 2.72. The van der Waals surface area contributed by atoms with Crippen molar-refractivity contribution in [3.63, 3.8) is 0 Å². The maximum atomic E-state index is 12.7. The van der Waals surface area contributed by atoms with Gasteiger partial charge in [0.25, 0.3) is 0 Å². The van der Waals surface area contributed by atoms with E-state index in [0.29, 0.717) is 5.25 Å². The topological polar surface area (TPSA) is 40.5 Å². The third kappa shape index (κ3) is 3.88. The van der Waals surface area contributed by atoms with Gasteiger partial charge in [-0.1, -0.05) is 0 Å². The highest BCUT2D eigenvalue weighted by molar-refractivity contribution is 8.01. The van der Waals surface area contributed by atoms with E-state index in [-0.39, 0.29) is 23.8 Å². The average molecular weight is 288 g/mol. The Morgan fingerprint density at radius 3 is 2.67 bits per heavy atom. The summed E-state index contributed by atoms with van der Waals surface area (Å²) in [5.74, 6) is 0.744. The van der Waals surface area contributed by atoms with Gasteiger partial charge in [-0.3, -0.25) is 0 Å². The molecule has 1 aromatic rings. The number of hydrogen-bond acceptors (Lipinski definition) is 4. The second kappa shape index (κ2) is 6.80. The Balaban J connectivity index is 1.71. The number of benzene rings is 1. The van der Waals surface area contributed by atoms with Gasteiger partial charge in [0, 0.05) is 10.1 Å². The van der Waals surface area contributed by atoms with E-state index >= 15 is 0 Å².